The minimum absolute atomic E-state index is 0.107. The standard InChI is InChI=1S/C11H11N3OS/c1-2-6-14-10(12)9-7(13-11(14)16)4-3-5-8(9)15/h2-5,15H,1,6,12H2. The number of rotatable bonds is 2. The number of hydrogen-bond donors (Lipinski definition) is 2. The van der Waals surface area contributed by atoms with Gasteiger partial charge < -0.3 is 10.8 Å². The summed E-state index contributed by atoms with van der Waals surface area (Å²) < 4.78 is 2.01. The molecule has 0 aliphatic rings. The molecule has 0 saturated carbocycles. The number of benzene rings is 1. The number of aromatic nitrogens is 2. The van der Waals surface area contributed by atoms with E-state index in [0.29, 0.717) is 28.0 Å². The zero-order valence-electron chi connectivity index (χ0n) is 8.55. The summed E-state index contributed by atoms with van der Waals surface area (Å²) in [4.78, 5) is 4.21. The third kappa shape index (κ3) is 1.55. The third-order valence-corrected chi connectivity index (χ3v) is 2.64. The first-order chi connectivity index (χ1) is 7.65. The maximum atomic E-state index is 9.74. The quantitative estimate of drug-likeness (QED) is 0.616. The van der Waals surface area contributed by atoms with Gasteiger partial charge in [-0.15, -0.1) is 6.58 Å². The lowest BCUT2D eigenvalue weighted by Crippen LogP contribution is -2.08. The minimum Gasteiger partial charge on any atom is -0.507 e. The van der Waals surface area contributed by atoms with E-state index in [2.05, 4.69) is 11.6 Å². The summed E-state index contributed by atoms with van der Waals surface area (Å²) in [5, 5.41) is 10.3. The Morgan fingerprint density at radius 3 is 3.00 bits per heavy atom. The first kappa shape index (κ1) is 10.6. The number of nitrogens with zero attached hydrogens (tertiary/aromatic N) is 2. The van der Waals surface area contributed by atoms with Gasteiger partial charge in [-0.05, 0) is 24.4 Å². The van der Waals surface area contributed by atoms with E-state index in [-0.39, 0.29) is 5.75 Å². The monoisotopic (exact) mass is 233 g/mol. The molecule has 2 rings (SSSR count). The fourth-order valence-corrected chi connectivity index (χ4v) is 1.86. The number of phenols is 1. The molecule has 0 aliphatic carbocycles. The van der Waals surface area contributed by atoms with Crippen LogP contribution in [0.15, 0.2) is 30.9 Å². The van der Waals surface area contributed by atoms with E-state index in [1.54, 1.807) is 28.8 Å². The average molecular weight is 233 g/mol. The van der Waals surface area contributed by atoms with Crippen molar-refractivity contribution in [3.05, 3.63) is 35.6 Å². The fraction of sp³-hybridized carbons (Fsp3) is 0.0909. The van der Waals surface area contributed by atoms with Crippen molar-refractivity contribution in [2.45, 2.75) is 6.54 Å². The average Bonchev–Trinajstić information content (AvgIpc) is 2.24. The molecule has 0 spiro atoms. The molecule has 0 bridgehead atoms. The molecular weight excluding hydrogens is 222 g/mol. The van der Waals surface area contributed by atoms with Crippen LogP contribution in [0.2, 0.25) is 0 Å². The predicted molar refractivity (Wildman–Crippen MR) is 66.8 cm³/mol. The highest BCUT2D eigenvalue weighted by Gasteiger charge is 2.08. The van der Waals surface area contributed by atoms with Gasteiger partial charge in [-0.1, -0.05) is 12.1 Å². The molecule has 0 unspecified atom stereocenters. The van der Waals surface area contributed by atoms with E-state index in [0.717, 1.165) is 0 Å². The number of nitrogens with two attached hydrogens (primary N) is 1. The second kappa shape index (κ2) is 3.94. The maximum Gasteiger partial charge on any atom is 0.201 e. The van der Waals surface area contributed by atoms with Crippen molar-refractivity contribution >= 4 is 28.9 Å². The number of allylic oxidation sites excluding steroid dienone is 1. The van der Waals surface area contributed by atoms with Crippen molar-refractivity contribution in [2.24, 2.45) is 0 Å². The highest BCUT2D eigenvalue weighted by atomic mass is 32.1. The zero-order chi connectivity index (χ0) is 11.7. The van der Waals surface area contributed by atoms with E-state index in [1.807, 2.05) is 0 Å². The maximum absolute atomic E-state index is 9.74. The number of anilines is 1. The van der Waals surface area contributed by atoms with E-state index in [9.17, 15) is 5.11 Å². The van der Waals surface area contributed by atoms with Crippen LogP contribution in [-0.4, -0.2) is 14.7 Å². The molecule has 3 N–H and O–H groups in total. The Kier molecular flexibility index (Phi) is 2.62. The van der Waals surface area contributed by atoms with Crippen LogP contribution < -0.4 is 5.73 Å². The predicted octanol–water partition coefficient (Wildman–Crippen LogP) is 2.24. The summed E-state index contributed by atoms with van der Waals surface area (Å²) in [5.41, 5.74) is 6.56. The molecule has 1 aromatic carbocycles. The normalized spacial score (nSPS) is 10.5. The van der Waals surface area contributed by atoms with E-state index in [4.69, 9.17) is 18.0 Å². The van der Waals surface area contributed by atoms with Gasteiger partial charge in [0.2, 0.25) is 4.77 Å². The van der Waals surface area contributed by atoms with Gasteiger partial charge in [-0.3, -0.25) is 4.57 Å². The van der Waals surface area contributed by atoms with Crippen molar-refractivity contribution in [1.29, 1.82) is 0 Å². The van der Waals surface area contributed by atoms with Crippen molar-refractivity contribution in [2.75, 3.05) is 5.73 Å². The number of aromatic hydroxyl groups is 1. The number of hydrogen-bond acceptors (Lipinski definition) is 4. The Morgan fingerprint density at radius 1 is 1.56 bits per heavy atom. The zero-order valence-corrected chi connectivity index (χ0v) is 9.37. The fourth-order valence-electron chi connectivity index (χ4n) is 1.59. The highest BCUT2D eigenvalue weighted by Crippen LogP contribution is 2.28. The Bertz CT molecular complexity index is 618. The molecule has 0 saturated heterocycles. The summed E-state index contributed by atoms with van der Waals surface area (Å²) >= 11 is 5.12. The molecule has 5 heteroatoms. The van der Waals surface area contributed by atoms with Crippen LogP contribution in [0.1, 0.15) is 0 Å². The Balaban J connectivity index is 2.90. The third-order valence-electron chi connectivity index (χ3n) is 2.33. The van der Waals surface area contributed by atoms with Gasteiger partial charge >= 0.3 is 0 Å². The summed E-state index contributed by atoms with van der Waals surface area (Å²) in [6, 6.07) is 5.04. The van der Waals surface area contributed by atoms with E-state index in [1.165, 1.54) is 0 Å². The highest BCUT2D eigenvalue weighted by molar-refractivity contribution is 7.71. The molecule has 0 aliphatic heterocycles. The largest absolute Gasteiger partial charge is 0.507 e. The van der Waals surface area contributed by atoms with Gasteiger partial charge in [0.15, 0.2) is 0 Å². The minimum atomic E-state index is 0.107. The molecule has 16 heavy (non-hydrogen) atoms. The second-order valence-corrected chi connectivity index (χ2v) is 3.72. The van der Waals surface area contributed by atoms with Gasteiger partial charge in [0.05, 0.1) is 10.9 Å². The van der Waals surface area contributed by atoms with Gasteiger partial charge in [0.1, 0.15) is 11.6 Å². The Labute approximate surface area is 97.7 Å². The molecular formula is C11H11N3OS. The van der Waals surface area contributed by atoms with Crippen molar-refractivity contribution in [3.63, 3.8) is 0 Å². The smallest absolute Gasteiger partial charge is 0.201 e. The Morgan fingerprint density at radius 2 is 2.31 bits per heavy atom. The molecule has 82 valence electrons. The van der Waals surface area contributed by atoms with Crippen molar-refractivity contribution < 1.29 is 5.11 Å². The van der Waals surface area contributed by atoms with Gasteiger partial charge in [0.25, 0.3) is 0 Å². The van der Waals surface area contributed by atoms with E-state index >= 15 is 0 Å². The van der Waals surface area contributed by atoms with Crippen LogP contribution in [0.3, 0.4) is 0 Å². The first-order valence-electron chi connectivity index (χ1n) is 4.74. The first-order valence-corrected chi connectivity index (χ1v) is 5.15. The van der Waals surface area contributed by atoms with Crippen molar-refractivity contribution in [1.82, 2.24) is 9.55 Å². The molecule has 0 atom stereocenters. The molecule has 0 radical (unpaired) electrons. The number of nitrogen functional groups attached to an aromatic ring is 1. The number of fused-ring (bicyclic) bond motifs is 1. The second-order valence-electron chi connectivity index (χ2n) is 3.35. The SMILES string of the molecule is C=CCn1c(N)c2c(O)cccc2nc1=S. The molecule has 0 fully saturated rings. The Hall–Kier alpha value is -1.88. The lowest BCUT2D eigenvalue weighted by molar-refractivity contribution is 0.481. The molecule has 4 nitrogen and oxygen atoms in total. The lowest BCUT2D eigenvalue weighted by atomic mass is 10.2. The molecule has 1 aromatic heterocycles. The van der Waals surface area contributed by atoms with Gasteiger partial charge in [0, 0.05) is 6.54 Å². The van der Waals surface area contributed by atoms with Crippen LogP contribution in [0.5, 0.6) is 5.75 Å². The van der Waals surface area contributed by atoms with Crippen LogP contribution in [-0.2, 0) is 6.54 Å². The molecule has 0 amide bonds. The van der Waals surface area contributed by atoms with Crippen LogP contribution in [0, 0.1) is 4.77 Å². The molecule has 2 aromatic rings. The van der Waals surface area contributed by atoms with Crippen LogP contribution in [0.25, 0.3) is 10.9 Å². The van der Waals surface area contributed by atoms with Gasteiger partial charge in [-0.2, -0.15) is 0 Å². The van der Waals surface area contributed by atoms with Gasteiger partial charge in [-0.25, -0.2) is 4.98 Å². The summed E-state index contributed by atoms with van der Waals surface area (Å²) in [6.45, 7) is 4.10. The van der Waals surface area contributed by atoms with Crippen LogP contribution in [0.4, 0.5) is 5.82 Å². The van der Waals surface area contributed by atoms with Crippen LogP contribution >= 0.6 is 12.2 Å². The summed E-state index contributed by atoms with van der Waals surface area (Å²) in [7, 11) is 0. The summed E-state index contributed by atoms with van der Waals surface area (Å²) in [6.07, 6.45) is 1.68. The number of phenolic OH excluding ortho intramolecular Hbond substituents is 1. The molecule has 1 heterocycles. The van der Waals surface area contributed by atoms with E-state index < -0.39 is 0 Å². The topological polar surface area (TPSA) is 64.1 Å². The summed E-state index contributed by atoms with van der Waals surface area (Å²) in [5.74, 6) is 0.517. The van der Waals surface area contributed by atoms with Crippen molar-refractivity contribution in [3.8, 4) is 5.75 Å². The lowest BCUT2D eigenvalue weighted by Gasteiger charge is -2.11.